The Kier molecular flexibility index (Phi) is 2.50. The molecule has 0 aromatic carbocycles. The highest BCUT2D eigenvalue weighted by molar-refractivity contribution is 14.1. The lowest BCUT2D eigenvalue weighted by molar-refractivity contribution is -0.140. The molecule has 1 aliphatic rings. The Balaban J connectivity index is 2.27. The highest BCUT2D eigenvalue weighted by Crippen LogP contribution is 2.41. The van der Waals surface area contributed by atoms with Gasteiger partial charge in [-0.05, 0) is 42.4 Å². The molecule has 1 aromatic heterocycles. The fourth-order valence-corrected chi connectivity index (χ4v) is 2.16. The second kappa shape index (κ2) is 3.52. The lowest BCUT2D eigenvalue weighted by Gasteiger charge is -2.05. The van der Waals surface area contributed by atoms with Crippen molar-refractivity contribution in [2.24, 2.45) is 0 Å². The molecule has 0 saturated heterocycles. The first-order chi connectivity index (χ1) is 6.59. The first-order valence-electron chi connectivity index (χ1n) is 4.57. The van der Waals surface area contributed by atoms with E-state index in [1.165, 1.54) is 17.5 Å². The normalized spacial score (nSPS) is 18.1. The van der Waals surface area contributed by atoms with Gasteiger partial charge in [-0.15, -0.1) is 0 Å². The van der Waals surface area contributed by atoms with Crippen LogP contribution in [0, 0.1) is 3.57 Å². The van der Waals surface area contributed by atoms with E-state index in [9.17, 15) is 4.79 Å². The van der Waals surface area contributed by atoms with Crippen molar-refractivity contribution < 1.29 is 9.90 Å². The van der Waals surface area contributed by atoms with Crippen molar-refractivity contribution in [2.45, 2.75) is 31.7 Å². The zero-order valence-corrected chi connectivity index (χ0v) is 9.93. The van der Waals surface area contributed by atoms with Gasteiger partial charge in [-0.3, -0.25) is 4.68 Å². The van der Waals surface area contributed by atoms with Gasteiger partial charge in [-0.25, -0.2) is 4.79 Å². The molecule has 14 heavy (non-hydrogen) atoms. The molecule has 2 rings (SSSR count). The van der Waals surface area contributed by atoms with Gasteiger partial charge in [0, 0.05) is 12.1 Å². The van der Waals surface area contributed by atoms with Gasteiger partial charge < -0.3 is 5.11 Å². The van der Waals surface area contributed by atoms with E-state index >= 15 is 0 Å². The minimum absolute atomic E-state index is 0.573. The van der Waals surface area contributed by atoms with E-state index in [0.717, 1.165) is 9.26 Å². The molecule has 1 atom stereocenters. The Morgan fingerprint density at radius 1 is 1.79 bits per heavy atom. The van der Waals surface area contributed by atoms with Crippen LogP contribution in [0.25, 0.3) is 0 Å². The first kappa shape index (κ1) is 9.95. The largest absolute Gasteiger partial charge is 0.480 e. The van der Waals surface area contributed by atoms with Crippen molar-refractivity contribution in [3.8, 4) is 0 Å². The number of carbonyl (C=O) groups is 1. The van der Waals surface area contributed by atoms with Gasteiger partial charge in [0.1, 0.15) is 6.04 Å². The summed E-state index contributed by atoms with van der Waals surface area (Å²) >= 11 is 2.22. The maximum absolute atomic E-state index is 10.7. The van der Waals surface area contributed by atoms with Gasteiger partial charge in [0.2, 0.25) is 0 Å². The predicted octanol–water partition coefficient (Wildman–Crippen LogP) is 2.01. The smallest absolute Gasteiger partial charge is 0.328 e. The number of carboxylic acids is 1. The molecule has 1 aromatic rings. The molecule has 0 unspecified atom stereocenters. The Bertz CT molecular complexity index is 371. The van der Waals surface area contributed by atoms with Crippen LogP contribution in [-0.2, 0) is 4.79 Å². The first-order valence-corrected chi connectivity index (χ1v) is 5.65. The maximum Gasteiger partial charge on any atom is 0.328 e. The van der Waals surface area contributed by atoms with Crippen LogP contribution in [0.3, 0.4) is 0 Å². The standard InChI is InChI=1S/C9H11IN2O2/c1-5(9(13)14)12-4-7(10)8(11-12)6-2-3-6/h4-6H,2-3H2,1H3,(H,13,14)/t5-/m0/s1. The average Bonchev–Trinajstić information content (AvgIpc) is 2.89. The van der Waals surface area contributed by atoms with Crippen molar-refractivity contribution >= 4 is 28.6 Å². The minimum Gasteiger partial charge on any atom is -0.480 e. The highest BCUT2D eigenvalue weighted by atomic mass is 127. The molecule has 4 nitrogen and oxygen atoms in total. The lowest BCUT2D eigenvalue weighted by Crippen LogP contribution is -2.16. The van der Waals surface area contributed by atoms with E-state index in [0.29, 0.717) is 5.92 Å². The molecule has 5 heteroatoms. The molecule has 1 heterocycles. The van der Waals surface area contributed by atoms with E-state index in [-0.39, 0.29) is 0 Å². The van der Waals surface area contributed by atoms with Crippen LogP contribution in [0.15, 0.2) is 6.20 Å². The van der Waals surface area contributed by atoms with E-state index in [2.05, 4.69) is 27.7 Å². The van der Waals surface area contributed by atoms with Crippen LogP contribution in [0.5, 0.6) is 0 Å². The Hall–Kier alpha value is -0.590. The second-order valence-electron chi connectivity index (χ2n) is 3.63. The highest BCUT2D eigenvalue weighted by Gasteiger charge is 2.29. The number of rotatable bonds is 3. The van der Waals surface area contributed by atoms with Gasteiger partial charge in [-0.2, -0.15) is 5.10 Å². The average molecular weight is 306 g/mol. The summed E-state index contributed by atoms with van der Waals surface area (Å²) in [7, 11) is 0. The van der Waals surface area contributed by atoms with Gasteiger partial charge in [-0.1, -0.05) is 0 Å². The van der Waals surface area contributed by atoms with Gasteiger partial charge in [0.15, 0.2) is 0 Å². The Labute approximate surface area is 95.4 Å². The molecule has 0 spiro atoms. The molecule has 1 N–H and O–H groups in total. The predicted molar refractivity (Wildman–Crippen MR) is 59.3 cm³/mol. The summed E-state index contributed by atoms with van der Waals surface area (Å²) in [5, 5.41) is 13.1. The van der Waals surface area contributed by atoms with Crippen molar-refractivity contribution in [1.29, 1.82) is 0 Å². The molecule has 0 bridgehead atoms. The van der Waals surface area contributed by atoms with Gasteiger partial charge in [0.05, 0.1) is 9.26 Å². The molecule has 0 aliphatic heterocycles. The third kappa shape index (κ3) is 1.77. The molecule has 0 radical (unpaired) electrons. The van der Waals surface area contributed by atoms with Crippen molar-refractivity contribution in [3.05, 3.63) is 15.5 Å². The Morgan fingerprint density at radius 2 is 2.43 bits per heavy atom. The van der Waals surface area contributed by atoms with Gasteiger partial charge in [0.25, 0.3) is 0 Å². The number of aromatic nitrogens is 2. The fourth-order valence-electron chi connectivity index (χ4n) is 1.33. The van der Waals surface area contributed by atoms with E-state index in [1.54, 1.807) is 6.92 Å². The summed E-state index contributed by atoms with van der Waals surface area (Å²) in [6.07, 6.45) is 4.19. The van der Waals surface area contributed by atoms with Crippen molar-refractivity contribution in [1.82, 2.24) is 9.78 Å². The summed E-state index contributed by atoms with van der Waals surface area (Å²) in [4.78, 5) is 10.7. The fraction of sp³-hybridized carbons (Fsp3) is 0.556. The number of hydrogen-bond acceptors (Lipinski definition) is 2. The molecule has 0 amide bonds. The molecule has 76 valence electrons. The SMILES string of the molecule is C[C@@H](C(=O)O)n1cc(I)c(C2CC2)n1. The second-order valence-corrected chi connectivity index (χ2v) is 4.79. The molecule has 1 saturated carbocycles. The quantitative estimate of drug-likeness (QED) is 0.869. The summed E-state index contributed by atoms with van der Waals surface area (Å²) < 4.78 is 2.62. The number of aliphatic carboxylic acids is 1. The third-order valence-corrected chi connectivity index (χ3v) is 3.26. The van der Waals surface area contributed by atoms with Crippen LogP contribution in [-0.4, -0.2) is 20.9 Å². The summed E-state index contributed by atoms with van der Waals surface area (Å²) in [5.74, 6) is -0.268. The number of nitrogens with zero attached hydrogens (tertiary/aromatic N) is 2. The number of hydrogen-bond donors (Lipinski definition) is 1. The van der Waals surface area contributed by atoms with Crippen LogP contribution in [0.2, 0.25) is 0 Å². The van der Waals surface area contributed by atoms with E-state index in [4.69, 9.17) is 5.11 Å². The molecule has 1 fully saturated rings. The molecular weight excluding hydrogens is 295 g/mol. The zero-order valence-electron chi connectivity index (χ0n) is 7.77. The summed E-state index contributed by atoms with van der Waals surface area (Å²) in [6, 6.07) is -0.573. The van der Waals surface area contributed by atoms with Crippen LogP contribution in [0.1, 0.15) is 37.4 Å². The van der Waals surface area contributed by atoms with E-state index < -0.39 is 12.0 Å². The zero-order chi connectivity index (χ0) is 10.3. The number of halogens is 1. The van der Waals surface area contributed by atoms with Gasteiger partial charge >= 0.3 is 5.97 Å². The molecular formula is C9H11IN2O2. The summed E-state index contributed by atoms with van der Waals surface area (Å²) in [6.45, 7) is 1.64. The van der Waals surface area contributed by atoms with Crippen molar-refractivity contribution in [2.75, 3.05) is 0 Å². The Morgan fingerprint density at radius 3 is 2.93 bits per heavy atom. The lowest BCUT2D eigenvalue weighted by atomic mass is 10.3. The monoisotopic (exact) mass is 306 g/mol. The van der Waals surface area contributed by atoms with Crippen LogP contribution >= 0.6 is 22.6 Å². The summed E-state index contributed by atoms with van der Waals surface area (Å²) in [5.41, 5.74) is 1.07. The molecule has 1 aliphatic carbocycles. The van der Waals surface area contributed by atoms with Crippen LogP contribution < -0.4 is 0 Å². The minimum atomic E-state index is -0.841. The number of carboxylic acid groups (broad SMARTS) is 1. The van der Waals surface area contributed by atoms with Crippen molar-refractivity contribution in [3.63, 3.8) is 0 Å². The third-order valence-electron chi connectivity index (χ3n) is 2.43. The topological polar surface area (TPSA) is 55.1 Å². The van der Waals surface area contributed by atoms with E-state index in [1.807, 2.05) is 6.20 Å². The van der Waals surface area contributed by atoms with Crippen LogP contribution in [0.4, 0.5) is 0 Å². The maximum atomic E-state index is 10.7.